The second-order valence-electron chi connectivity index (χ2n) is 6.51. The largest absolute Gasteiger partial charge is 0.497 e. The number of methoxy groups -OCH3 is 2. The molecule has 1 amide bonds. The van der Waals surface area contributed by atoms with E-state index >= 15 is 0 Å². The molecule has 0 heterocycles. The lowest BCUT2D eigenvalue weighted by atomic mass is 10.1. The van der Waals surface area contributed by atoms with E-state index in [0.717, 1.165) is 15.6 Å². The van der Waals surface area contributed by atoms with Crippen LogP contribution < -0.4 is 19.6 Å². The van der Waals surface area contributed by atoms with Crippen molar-refractivity contribution in [3.63, 3.8) is 0 Å². The van der Waals surface area contributed by atoms with Crippen molar-refractivity contribution < 1.29 is 19.0 Å². The minimum absolute atomic E-state index is 0.273. The molecular weight excluding hydrogens is 474 g/mol. The van der Waals surface area contributed by atoms with Crippen LogP contribution in [-0.4, -0.2) is 26.3 Å². The lowest BCUT2D eigenvalue weighted by Crippen LogP contribution is -2.18. The number of ether oxygens (including phenoxy) is 3. The number of nitriles is 1. The van der Waals surface area contributed by atoms with Crippen molar-refractivity contribution in [2.24, 2.45) is 5.10 Å². The van der Waals surface area contributed by atoms with E-state index in [-0.39, 0.29) is 6.61 Å². The van der Waals surface area contributed by atoms with Crippen molar-refractivity contribution in [2.45, 2.75) is 6.61 Å². The summed E-state index contributed by atoms with van der Waals surface area (Å²) in [5, 5.41) is 13.2. The normalized spacial score (nSPS) is 10.4. The SMILES string of the molecule is COc1ccc(C(=O)NN=Cc2ccc(OCc3ccccc3C#N)c(Br)c2)c(OC)c1. The number of hydrogen-bond donors (Lipinski definition) is 1. The van der Waals surface area contributed by atoms with Crippen LogP contribution in [0, 0.1) is 11.3 Å². The molecule has 1 N–H and O–H groups in total. The van der Waals surface area contributed by atoms with Gasteiger partial charge in [-0.3, -0.25) is 4.79 Å². The van der Waals surface area contributed by atoms with Crippen LogP contribution in [0.15, 0.2) is 70.2 Å². The van der Waals surface area contributed by atoms with Crippen molar-refractivity contribution in [2.75, 3.05) is 14.2 Å². The molecule has 0 atom stereocenters. The molecule has 3 aromatic carbocycles. The molecule has 3 rings (SSSR count). The van der Waals surface area contributed by atoms with Gasteiger partial charge in [-0.1, -0.05) is 18.2 Å². The molecule has 0 unspecified atom stereocenters. The number of carbonyl (C=O) groups is 1. The number of nitrogens with one attached hydrogen (secondary N) is 1. The van der Waals surface area contributed by atoms with Crippen LogP contribution in [0.1, 0.15) is 27.0 Å². The van der Waals surface area contributed by atoms with Gasteiger partial charge in [0.2, 0.25) is 0 Å². The summed E-state index contributed by atoms with van der Waals surface area (Å²) in [6, 6.07) is 19.8. The Kier molecular flexibility index (Phi) is 7.84. The summed E-state index contributed by atoms with van der Waals surface area (Å²) in [6.07, 6.45) is 1.52. The second kappa shape index (κ2) is 11.0. The number of hydrazone groups is 1. The fraction of sp³-hybridized carbons (Fsp3) is 0.125. The van der Waals surface area contributed by atoms with E-state index in [1.54, 1.807) is 43.5 Å². The van der Waals surface area contributed by atoms with Gasteiger partial charge in [0.25, 0.3) is 5.91 Å². The highest BCUT2D eigenvalue weighted by molar-refractivity contribution is 9.10. The maximum absolute atomic E-state index is 12.4. The maximum atomic E-state index is 12.4. The summed E-state index contributed by atoms with van der Waals surface area (Å²) in [7, 11) is 3.02. The van der Waals surface area contributed by atoms with Gasteiger partial charge < -0.3 is 14.2 Å². The van der Waals surface area contributed by atoms with Crippen LogP contribution in [0.25, 0.3) is 0 Å². The van der Waals surface area contributed by atoms with Gasteiger partial charge in [-0.25, -0.2) is 5.43 Å². The molecule has 7 nitrogen and oxygen atoms in total. The molecule has 0 radical (unpaired) electrons. The molecule has 0 aliphatic heterocycles. The summed E-state index contributed by atoms with van der Waals surface area (Å²) in [6.45, 7) is 0.273. The maximum Gasteiger partial charge on any atom is 0.275 e. The molecule has 0 aromatic heterocycles. The molecule has 8 heteroatoms. The highest BCUT2D eigenvalue weighted by Crippen LogP contribution is 2.27. The van der Waals surface area contributed by atoms with Gasteiger partial charge in [-0.15, -0.1) is 0 Å². The molecule has 0 saturated heterocycles. The lowest BCUT2D eigenvalue weighted by Gasteiger charge is -2.10. The van der Waals surface area contributed by atoms with E-state index in [0.29, 0.717) is 28.4 Å². The van der Waals surface area contributed by atoms with E-state index < -0.39 is 5.91 Å². The standard InChI is InChI=1S/C24H20BrN3O4/c1-30-19-8-9-20(23(12-19)31-2)24(29)28-27-14-16-7-10-22(21(25)11-16)32-15-18-6-4-3-5-17(18)13-26/h3-12,14H,15H2,1-2H3,(H,28,29). The Balaban J connectivity index is 1.63. The zero-order valence-corrected chi connectivity index (χ0v) is 19.0. The Morgan fingerprint density at radius 2 is 1.91 bits per heavy atom. The summed E-state index contributed by atoms with van der Waals surface area (Å²) >= 11 is 3.48. The van der Waals surface area contributed by atoms with Crippen LogP contribution in [0.3, 0.4) is 0 Å². The van der Waals surface area contributed by atoms with Gasteiger partial charge in [-0.2, -0.15) is 10.4 Å². The number of halogens is 1. The first-order chi connectivity index (χ1) is 15.5. The molecule has 0 bridgehead atoms. The van der Waals surface area contributed by atoms with Crippen molar-refractivity contribution in [3.8, 4) is 23.3 Å². The molecule has 0 aliphatic carbocycles. The third-order valence-corrected chi connectivity index (χ3v) is 5.13. The van der Waals surface area contributed by atoms with Crippen molar-refractivity contribution >= 4 is 28.1 Å². The molecule has 3 aromatic rings. The first-order valence-corrected chi connectivity index (χ1v) is 10.3. The Hall–Kier alpha value is -3.83. The number of rotatable bonds is 8. The molecule has 0 aliphatic rings. The van der Waals surface area contributed by atoms with Gasteiger partial charge in [0.05, 0.1) is 42.1 Å². The summed E-state index contributed by atoms with van der Waals surface area (Å²) in [5.74, 6) is 1.20. The minimum Gasteiger partial charge on any atom is -0.497 e. The number of carbonyl (C=O) groups excluding carboxylic acids is 1. The molecule has 0 fully saturated rings. The molecular formula is C24H20BrN3O4. The first-order valence-electron chi connectivity index (χ1n) is 9.51. The van der Waals surface area contributed by atoms with Gasteiger partial charge >= 0.3 is 0 Å². The Morgan fingerprint density at radius 1 is 1.09 bits per heavy atom. The number of nitrogens with zero attached hydrogens (tertiary/aromatic N) is 2. The molecule has 32 heavy (non-hydrogen) atoms. The van der Waals surface area contributed by atoms with E-state index in [1.165, 1.54) is 13.3 Å². The minimum atomic E-state index is -0.407. The van der Waals surface area contributed by atoms with Crippen molar-refractivity contribution in [1.29, 1.82) is 5.26 Å². The monoisotopic (exact) mass is 493 g/mol. The highest BCUT2D eigenvalue weighted by Gasteiger charge is 2.12. The Morgan fingerprint density at radius 3 is 2.62 bits per heavy atom. The quantitative estimate of drug-likeness (QED) is 0.363. The fourth-order valence-electron chi connectivity index (χ4n) is 2.84. The zero-order chi connectivity index (χ0) is 22.9. The van der Waals surface area contributed by atoms with Crippen LogP contribution in [0.4, 0.5) is 0 Å². The van der Waals surface area contributed by atoms with E-state index in [9.17, 15) is 10.1 Å². The van der Waals surface area contributed by atoms with Gasteiger partial charge in [0.1, 0.15) is 23.9 Å². The predicted octanol–water partition coefficient (Wildman–Crippen LogP) is 4.68. The summed E-state index contributed by atoms with van der Waals surface area (Å²) in [5.41, 5.74) is 4.97. The van der Waals surface area contributed by atoms with Gasteiger partial charge in [0, 0.05) is 11.6 Å². The fourth-order valence-corrected chi connectivity index (χ4v) is 3.35. The molecule has 162 valence electrons. The Bertz CT molecular complexity index is 1190. The van der Waals surface area contributed by atoms with Crippen LogP contribution in [0.2, 0.25) is 0 Å². The topological polar surface area (TPSA) is 92.9 Å². The third-order valence-electron chi connectivity index (χ3n) is 4.51. The van der Waals surface area contributed by atoms with E-state index in [4.69, 9.17) is 14.2 Å². The van der Waals surface area contributed by atoms with Gasteiger partial charge in [-0.05, 0) is 57.9 Å². The summed E-state index contributed by atoms with van der Waals surface area (Å²) < 4.78 is 16.9. The Labute approximate surface area is 194 Å². The summed E-state index contributed by atoms with van der Waals surface area (Å²) in [4.78, 5) is 12.4. The number of benzene rings is 3. The third kappa shape index (κ3) is 5.65. The average Bonchev–Trinajstić information content (AvgIpc) is 2.83. The van der Waals surface area contributed by atoms with Crippen LogP contribution in [-0.2, 0) is 6.61 Å². The number of hydrogen-bond acceptors (Lipinski definition) is 6. The van der Waals surface area contributed by atoms with Gasteiger partial charge in [0.15, 0.2) is 0 Å². The highest BCUT2D eigenvalue weighted by atomic mass is 79.9. The van der Waals surface area contributed by atoms with E-state index in [2.05, 4.69) is 32.5 Å². The van der Waals surface area contributed by atoms with Crippen molar-refractivity contribution in [3.05, 3.63) is 87.4 Å². The number of amides is 1. The lowest BCUT2D eigenvalue weighted by molar-refractivity contribution is 0.0952. The smallest absolute Gasteiger partial charge is 0.275 e. The molecule has 0 saturated carbocycles. The van der Waals surface area contributed by atoms with E-state index in [1.807, 2.05) is 24.3 Å². The second-order valence-corrected chi connectivity index (χ2v) is 7.37. The first kappa shape index (κ1) is 22.8. The molecule has 0 spiro atoms. The van der Waals surface area contributed by atoms with Crippen LogP contribution in [0.5, 0.6) is 17.2 Å². The predicted molar refractivity (Wildman–Crippen MR) is 124 cm³/mol. The zero-order valence-electron chi connectivity index (χ0n) is 17.5. The van der Waals surface area contributed by atoms with Crippen molar-refractivity contribution in [1.82, 2.24) is 5.43 Å². The van der Waals surface area contributed by atoms with Crippen LogP contribution >= 0.6 is 15.9 Å². The average molecular weight is 494 g/mol.